The summed E-state index contributed by atoms with van der Waals surface area (Å²) in [7, 11) is 1.46. The van der Waals surface area contributed by atoms with Crippen LogP contribution in [-0.2, 0) is 95.3 Å². The minimum absolute atomic E-state index is 0.00333. The number of aliphatic hydroxyl groups excluding tert-OH is 10. The predicted octanol–water partition coefficient (Wildman–Crippen LogP) is -1.53. The largest absolute Gasteiger partial charge is 0.394 e. The van der Waals surface area contributed by atoms with Gasteiger partial charge in [-0.3, -0.25) is 47.9 Å². The van der Waals surface area contributed by atoms with Crippen molar-refractivity contribution >= 4 is 58.5 Å². The van der Waals surface area contributed by atoms with Gasteiger partial charge in [0.05, 0.1) is 90.7 Å². The molecular formula is C74H127N5O30. The summed E-state index contributed by atoms with van der Waals surface area (Å²) in [6, 6.07) is -2.64. The van der Waals surface area contributed by atoms with E-state index in [0.717, 1.165) is 0 Å². The lowest BCUT2D eigenvalue weighted by Gasteiger charge is -2.42. The lowest BCUT2D eigenvalue weighted by molar-refractivity contribution is -0.282. The molecule has 0 radical (unpaired) electrons. The number of β-amino-alcohol motifs (C(OH)–C–C–N with tert-alkyl or cyclic N) is 1. The molecule has 4 fully saturated rings. The molecule has 4 heterocycles. The number of carbonyl (C=O) groups is 10. The average molecular weight is 1570 g/mol. The lowest BCUT2D eigenvalue weighted by atomic mass is 9.84. The maximum absolute atomic E-state index is 14.2. The molecule has 4 saturated heterocycles. The van der Waals surface area contributed by atoms with Crippen LogP contribution in [-0.4, -0.2) is 325 Å². The minimum atomic E-state index is -1.46. The summed E-state index contributed by atoms with van der Waals surface area (Å²) in [5.74, 6) is -3.32. The van der Waals surface area contributed by atoms with E-state index in [-0.39, 0.29) is 178 Å². The number of nitrogens with one attached hydrogen (secondary N) is 4. The van der Waals surface area contributed by atoms with Crippen molar-refractivity contribution in [1.29, 1.82) is 0 Å². The number of aliphatic hydroxyl groups is 10. The highest BCUT2D eigenvalue weighted by Gasteiger charge is 2.48. The summed E-state index contributed by atoms with van der Waals surface area (Å²) >= 11 is 0. The molecule has 0 aromatic carbocycles. The molecule has 109 heavy (non-hydrogen) atoms. The molecule has 0 aromatic heterocycles. The van der Waals surface area contributed by atoms with E-state index in [1.165, 1.54) is 25.9 Å². The number of likely N-dealkylation sites (tertiary alicyclic amines) is 1. The van der Waals surface area contributed by atoms with Crippen molar-refractivity contribution in [2.75, 3.05) is 113 Å². The average Bonchev–Trinajstić information content (AvgIpc) is 1.45. The third kappa shape index (κ3) is 36.7. The standard InChI is InChI=1S/C74H127N5O30/c1-47-65(94)66(95)57(40-80)107-71(47)104-30-14-11-22-51(85)18-7-5-9-20-53(87)25-33-101-44-74(38-55(89)37-62(93)79-39-56(90)36-50(79)43-100-4,45-102-34-26-54(88)21-10-6-8-19-52(86)23-12-15-31-105-72-63(77-48(2)83)69(98)67(96)58(41-81)108-72)46-103-35-27-61(92)76-29-17-28-75-60(91)24-13-16-32-106-73-64(78-49(3)84)70(99)68(97)59(42-82)109-73/h47,50,56-59,63-73,80-82,90,94-99H,5-46H2,1-4H3,(H,75,91)(H,76,92)(H,77,83)(H,78,84)/t47?,50-,56+,57?,58?,59?,63?,64?,65+,66-,67-,68-,69+,70+,71+,72+,73+,74?/m0/s1. The molecule has 0 aromatic rings. The van der Waals surface area contributed by atoms with Gasteiger partial charge >= 0.3 is 0 Å². The van der Waals surface area contributed by atoms with Crippen molar-refractivity contribution in [3.8, 4) is 0 Å². The number of rotatable bonds is 60. The topological polar surface area (TPSA) is 517 Å². The molecule has 5 amide bonds. The molecule has 14 N–H and O–H groups in total. The zero-order valence-corrected chi connectivity index (χ0v) is 64.1. The van der Waals surface area contributed by atoms with Gasteiger partial charge < -0.3 is 125 Å². The van der Waals surface area contributed by atoms with Crippen LogP contribution in [0, 0.1) is 11.3 Å². The maximum Gasteiger partial charge on any atom is 0.230 e. The summed E-state index contributed by atoms with van der Waals surface area (Å²) in [4.78, 5) is 130. The molecular weight excluding hydrogens is 1440 g/mol. The van der Waals surface area contributed by atoms with Crippen LogP contribution >= 0.6 is 0 Å². The van der Waals surface area contributed by atoms with Crippen LogP contribution in [0.5, 0.6) is 0 Å². The fraction of sp³-hybridized carbons (Fsp3) is 0.865. The number of amides is 5. The van der Waals surface area contributed by atoms with Crippen molar-refractivity contribution in [2.24, 2.45) is 11.3 Å². The SMILES string of the molecule is COC[C@@H]1C[C@@H](O)CN1C(=O)CC(=O)CC(COCCC(=O)CCCCCC(=O)CCCCO[C@@H]1OC(CO)[C@H](O)[C@H](O)C1C)(COCCC(=O)CCCCCC(=O)CCCCO[C@@H]1OC(CO)[C@H](O)[C@H](O)C1NC(C)=O)COCCC(=O)NCCCNC(=O)CCCCO[C@@H]1OC(CO)[C@H](O)[C@H](O)C1NC(C)=O. The zero-order valence-electron chi connectivity index (χ0n) is 64.1. The summed E-state index contributed by atoms with van der Waals surface area (Å²) < 4.78 is 57.7. The summed E-state index contributed by atoms with van der Waals surface area (Å²) in [5.41, 5.74) is -1.32. The Morgan fingerprint density at radius 2 is 0.817 bits per heavy atom. The van der Waals surface area contributed by atoms with Gasteiger partial charge in [-0.25, -0.2) is 0 Å². The molecule has 35 nitrogen and oxygen atoms in total. The predicted molar refractivity (Wildman–Crippen MR) is 385 cm³/mol. The fourth-order valence-electron chi connectivity index (χ4n) is 13.3. The highest BCUT2D eigenvalue weighted by molar-refractivity contribution is 5.98. The molecule has 0 saturated carbocycles. The number of carbonyl (C=O) groups excluding carboxylic acids is 10. The van der Waals surface area contributed by atoms with Crippen LogP contribution < -0.4 is 21.3 Å². The Kier molecular flexibility index (Phi) is 47.5. The van der Waals surface area contributed by atoms with Crippen molar-refractivity contribution in [3.05, 3.63) is 0 Å². The van der Waals surface area contributed by atoms with E-state index in [4.69, 9.17) is 47.4 Å². The van der Waals surface area contributed by atoms with Gasteiger partial charge in [0, 0.05) is 142 Å². The number of Topliss-reactive ketones (excluding diaryl/α,β-unsaturated/α-hetero) is 5. The van der Waals surface area contributed by atoms with Crippen molar-refractivity contribution in [3.63, 3.8) is 0 Å². The Labute approximate surface area is 638 Å². The van der Waals surface area contributed by atoms with Gasteiger partial charge in [0.2, 0.25) is 29.5 Å². The van der Waals surface area contributed by atoms with E-state index in [1.54, 1.807) is 6.92 Å². The molecule has 18 atom stereocenters. The van der Waals surface area contributed by atoms with E-state index in [9.17, 15) is 99.0 Å². The fourth-order valence-corrected chi connectivity index (χ4v) is 13.3. The lowest BCUT2D eigenvalue weighted by Crippen LogP contribution is -2.64. The normalized spacial score (nSPS) is 26.8. The Hall–Kier alpha value is -5.10. The van der Waals surface area contributed by atoms with E-state index in [1.807, 2.05) is 0 Å². The first-order valence-corrected chi connectivity index (χ1v) is 38.7. The zero-order chi connectivity index (χ0) is 80.3. The molecule has 0 aliphatic carbocycles. The second kappa shape index (κ2) is 53.8. The second-order valence-electron chi connectivity index (χ2n) is 29.1. The maximum atomic E-state index is 14.2. The third-order valence-electron chi connectivity index (χ3n) is 19.6. The van der Waals surface area contributed by atoms with Crippen LogP contribution in [0.3, 0.4) is 0 Å². The molecule has 0 spiro atoms. The van der Waals surface area contributed by atoms with Gasteiger partial charge in [0.1, 0.15) is 89.8 Å². The first-order valence-electron chi connectivity index (χ1n) is 38.7. The van der Waals surface area contributed by atoms with E-state index < -0.39 is 159 Å². The molecule has 4 aliphatic rings. The second-order valence-corrected chi connectivity index (χ2v) is 29.1. The van der Waals surface area contributed by atoms with Crippen LogP contribution in [0.2, 0.25) is 0 Å². The van der Waals surface area contributed by atoms with E-state index in [2.05, 4.69) is 21.3 Å². The van der Waals surface area contributed by atoms with Crippen molar-refractivity contribution in [1.82, 2.24) is 26.2 Å². The molecule has 4 aliphatic heterocycles. The van der Waals surface area contributed by atoms with Crippen molar-refractivity contribution < 1.29 is 146 Å². The Morgan fingerprint density at radius 1 is 0.440 bits per heavy atom. The van der Waals surface area contributed by atoms with Crippen LogP contribution in [0.15, 0.2) is 0 Å². The van der Waals surface area contributed by atoms with Gasteiger partial charge in [-0.15, -0.1) is 0 Å². The summed E-state index contributed by atoms with van der Waals surface area (Å²) in [6.45, 7) is 2.57. The van der Waals surface area contributed by atoms with Gasteiger partial charge in [-0.2, -0.15) is 0 Å². The van der Waals surface area contributed by atoms with Gasteiger partial charge in [-0.05, 0) is 77.0 Å². The minimum Gasteiger partial charge on any atom is -0.394 e. The summed E-state index contributed by atoms with van der Waals surface area (Å²) in [6.07, 6.45) is -7.69. The van der Waals surface area contributed by atoms with Gasteiger partial charge in [0.15, 0.2) is 18.9 Å². The van der Waals surface area contributed by atoms with Gasteiger partial charge in [0.25, 0.3) is 0 Å². The monoisotopic (exact) mass is 1570 g/mol. The van der Waals surface area contributed by atoms with E-state index in [0.29, 0.717) is 103 Å². The number of nitrogens with zero attached hydrogens (tertiary/aromatic N) is 1. The first-order chi connectivity index (χ1) is 52.2. The smallest absolute Gasteiger partial charge is 0.230 e. The quantitative estimate of drug-likeness (QED) is 0.0243. The van der Waals surface area contributed by atoms with Crippen LogP contribution in [0.1, 0.15) is 188 Å². The molecule has 0 bridgehead atoms. The molecule has 35 heteroatoms. The number of hydrogen-bond acceptors (Lipinski definition) is 30. The Bertz CT molecular complexity index is 2600. The number of hydrogen-bond donors (Lipinski definition) is 14. The molecule has 4 rings (SSSR count). The number of ketones is 5. The number of unbranched alkanes of at least 4 members (excludes halogenated alkanes) is 7. The van der Waals surface area contributed by atoms with E-state index >= 15 is 0 Å². The summed E-state index contributed by atoms with van der Waals surface area (Å²) in [5, 5.41) is 112. The van der Waals surface area contributed by atoms with Crippen LogP contribution in [0.25, 0.3) is 0 Å². The third-order valence-corrected chi connectivity index (χ3v) is 19.6. The molecule has 628 valence electrons. The number of methoxy groups -OCH3 is 1. The van der Waals surface area contributed by atoms with Gasteiger partial charge in [-0.1, -0.05) is 19.8 Å². The Balaban J connectivity index is 1.28. The Morgan fingerprint density at radius 3 is 1.24 bits per heavy atom. The highest BCUT2D eigenvalue weighted by Crippen LogP contribution is 2.31. The number of ether oxygens (including phenoxy) is 10. The molecule has 7 unspecified atom stereocenters. The van der Waals surface area contributed by atoms with Crippen LogP contribution in [0.4, 0.5) is 0 Å². The highest BCUT2D eigenvalue weighted by atomic mass is 16.7. The first kappa shape index (κ1) is 96.3. The van der Waals surface area contributed by atoms with Crippen molar-refractivity contribution in [2.45, 2.75) is 286 Å².